The number of thioether (sulfide) groups is 1. The molecule has 2 aromatic carbocycles. The Hall–Kier alpha value is -1.52. The second-order valence-electron chi connectivity index (χ2n) is 4.60. The predicted octanol–water partition coefficient (Wildman–Crippen LogP) is 4.54. The lowest BCUT2D eigenvalue weighted by Gasteiger charge is -2.13. The van der Waals surface area contributed by atoms with Gasteiger partial charge in [0.05, 0.1) is 14.2 Å². The maximum atomic E-state index is 5.98. The lowest BCUT2D eigenvalue weighted by molar-refractivity contribution is 0.354. The first-order valence-electron chi connectivity index (χ1n) is 6.44. The molecule has 0 aliphatic rings. The molecule has 0 unspecified atom stereocenters. The summed E-state index contributed by atoms with van der Waals surface area (Å²) >= 11 is 7.59. The maximum Gasteiger partial charge on any atom is 0.161 e. The van der Waals surface area contributed by atoms with Crippen LogP contribution in [0.2, 0.25) is 5.02 Å². The summed E-state index contributed by atoms with van der Waals surface area (Å²) in [6.07, 6.45) is 0. The predicted molar refractivity (Wildman–Crippen MR) is 89.7 cm³/mol. The number of hydrogen-bond acceptors (Lipinski definition) is 4. The van der Waals surface area contributed by atoms with Crippen molar-refractivity contribution in [3.05, 3.63) is 46.5 Å². The summed E-state index contributed by atoms with van der Waals surface area (Å²) in [5.41, 5.74) is 9.02. The fourth-order valence-electron chi connectivity index (χ4n) is 1.98. The van der Waals surface area contributed by atoms with Gasteiger partial charge in [-0.2, -0.15) is 0 Å². The highest BCUT2D eigenvalue weighted by Crippen LogP contribution is 2.35. The van der Waals surface area contributed by atoms with Gasteiger partial charge in [-0.1, -0.05) is 11.6 Å². The average Bonchev–Trinajstić information content (AvgIpc) is 2.47. The number of anilines is 1. The highest BCUT2D eigenvalue weighted by Gasteiger charge is 2.09. The fraction of sp³-hybridized carbons (Fsp3) is 0.250. The van der Waals surface area contributed by atoms with E-state index in [1.165, 1.54) is 5.56 Å². The van der Waals surface area contributed by atoms with E-state index in [9.17, 15) is 0 Å². The van der Waals surface area contributed by atoms with E-state index in [0.29, 0.717) is 10.7 Å². The quantitative estimate of drug-likeness (QED) is 0.648. The van der Waals surface area contributed by atoms with Gasteiger partial charge in [0.15, 0.2) is 11.5 Å². The molecule has 0 aliphatic heterocycles. The summed E-state index contributed by atoms with van der Waals surface area (Å²) in [7, 11) is 3.28. The molecule has 2 aromatic rings. The van der Waals surface area contributed by atoms with Gasteiger partial charge in [-0.25, -0.2) is 0 Å². The number of methoxy groups -OCH3 is 2. The van der Waals surface area contributed by atoms with Crippen LogP contribution in [0.25, 0.3) is 0 Å². The average molecular weight is 324 g/mol. The smallest absolute Gasteiger partial charge is 0.161 e. The molecule has 0 fully saturated rings. The van der Waals surface area contributed by atoms with Crippen LogP contribution in [0.5, 0.6) is 11.5 Å². The van der Waals surface area contributed by atoms with Crippen LogP contribution in [0.4, 0.5) is 5.69 Å². The van der Waals surface area contributed by atoms with Crippen molar-refractivity contribution in [2.45, 2.75) is 17.6 Å². The zero-order valence-corrected chi connectivity index (χ0v) is 13.8. The zero-order chi connectivity index (χ0) is 15.4. The molecule has 112 valence electrons. The number of ether oxygens (including phenoxy) is 2. The normalized spacial score (nSPS) is 10.5. The van der Waals surface area contributed by atoms with Crippen LogP contribution >= 0.6 is 23.4 Å². The first kappa shape index (κ1) is 15.9. The Morgan fingerprint density at radius 2 is 1.76 bits per heavy atom. The second-order valence-corrected chi connectivity index (χ2v) is 6.06. The highest BCUT2D eigenvalue weighted by molar-refractivity contribution is 7.98. The molecule has 0 amide bonds. The van der Waals surface area contributed by atoms with E-state index < -0.39 is 0 Å². The molecule has 0 aliphatic carbocycles. The molecule has 0 atom stereocenters. The van der Waals surface area contributed by atoms with Gasteiger partial charge in [-0.15, -0.1) is 11.8 Å². The summed E-state index contributed by atoms with van der Waals surface area (Å²) in [6, 6.07) is 9.55. The highest BCUT2D eigenvalue weighted by atomic mass is 35.5. The number of nitrogen functional groups attached to an aromatic ring is 1. The molecule has 0 bridgehead atoms. The monoisotopic (exact) mass is 323 g/mol. The van der Waals surface area contributed by atoms with Crippen molar-refractivity contribution in [2.24, 2.45) is 0 Å². The Kier molecular flexibility index (Phi) is 5.26. The van der Waals surface area contributed by atoms with Crippen molar-refractivity contribution < 1.29 is 9.47 Å². The Bertz CT molecular complexity index is 646. The number of benzene rings is 2. The molecule has 0 saturated carbocycles. The standard InChI is InChI=1S/C16H18ClNO2S/c1-10-6-14(19-2)15(20-3)7-11(10)9-21-16-5-4-12(17)8-13(16)18/h4-8H,9,18H2,1-3H3. The Morgan fingerprint density at radius 3 is 2.38 bits per heavy atom. The fourth-order valence-corrected chi connectivity index (χ4v) is 3.18. The molecule has 0 saturated heterocycles. The zero-order valence-electron chi connectivity index (χ0n) is 12.3. The van der Waals surface area contributed by atoms with Crippen LogP contribution in [-0.4, -0.2) is 14.2 Å². The molecule has 5 heteroatoms. The molecule has 2 rings (SSSR count). The first-order chi connectivity index (χ1) is 10.0. The summed E-state index contributed by atoms with van der Waals surface area (Å²) in [6.45, 7) is 2.06. The van der Waals surface area contributed by atoms with E-state index >= 15 is 0 Å². The van der Waals surface area contributed by atoms with Crippen molar-refractivity contribution in [1.29, 1.82) is 0 Å². The van der Waals surface area contributed by atoms with Gasteiger partial charge in [-0.3, -0.25) is 0 Å². The van der Waals surface area contributed by atoms with E-state index in [-0.39, 0.29) is 0 Å². The van der Waals surface area contributed by atoms with Crippen molar-refractivity contribution in [2.75, 3.05) is 20.0 Å². The SMILES string of the molecule is COc1cc(C)c(CSc2ccc(Cl)cc2N)cc1OC. The van der Waals surface area contributed by atoms with E-state index in [2.05, 4.69) is 6.92 Å². The third-order valence-electron chi connectivity index (χ3n) is 3.20. The van der Waals surface area contributed by atoms with Crippen LogP contribution in [-0.2, 0) is 5.75 Å². The number of halogens is 1. The van der Waals surface area contributed by atoms with Crippen LogP contribution in [0.15, 0.2) is 35.2 Å². The number of hydrogen-bond donors (Lipinski definition) is 1. The van der Waals surface area contributed by atoms with Gasteiger partial charge in [0, 0.05) is 21.4 Å². The van der Waals surface area contributed by atoms with Crippen molar-refractivity contribution in [1.82, 2.24) is 0 Å². The first-order valence-corrected chi connectivity index (χ1v) is 7.81. The molecule has 0 spiro atoms. The molecule has 2 N–H and O–H groups in total. The van der Waals surface area contributed by atoms with Gasteiger partial charge in [0.2, 0.25) is 0 Å². The van der Waals surface area contributed by atoms with E-state index in [1.807, 2.05) is 24.3 Å². The van der Waals surface area contributed by atoms with Gasteiger partial charge in [0.1, 0.15) is 0 Å². The topological polar surface area (TPSA) is 44.5 Å². The van der Waals surface area contributed by atoms with Crippen molar-refractivity contribution in [3.8, 4) is 11.5 Å². The Balaban J connectivity index is 2.19. The van der Waals surface area contributed by atoms with Crippen molar-refractivity contribution >= 4 is 29.1 Å². The summed E-state index contributed by atoms with van der Waals surface area (Å²) in [4.78, 5) is 1.02. The molecule has 0 aromatic heterocycles. The van der Waals surface area contributed by atoms with Crippen LogP contribution in [0.3, 0.4) is 0 Å². The Labute approximate surface area is 134 Å². The summed E-state index contributed by atoms with van der Waals surface area (Å²) in [5.74, 6) is 2.29. The van der Waals surface area contributed by atoms with Gasteiger partial charge < -0.3 is 15.2 Å². The van der Waals surface area contributed by atoms with Crippen LogP contribution < -0.4 is 15.2 Å². The van der Waals surface area contributed by atoms with Crippen LogP contribution in [0.1, 0.15) is 11.1 Å². The lowest BCUT2D eigenvalue weighted by atomic mass is 10.1. The number of aryl methyl sites for hydroxylation is 1. The van der Waals surface area contributed by atoms with Crippen molar-refractivity contribution in [3.63, 3.8) is 0 Å². The molecular weight excluding hydrogens is 306 g/mol. The van der Waals surface area contributed by atoms with E-state index in [0.717, 1.165) is 27.7 Å². The van der Waals surface area contributed by atoms with Gasteiger partial charge in [-0.05, 0) is 48.4 Å². The lowest BCUT2D eigenvalue weighted by Crippen LogP contribution is -1.95. The molecule has 0 radical (unpaired) electrons. The molecular formula is C16H18ClNO2S. The van der Waals surface area contributed by atoms with Gasteiger partial charge >= 0.3 is 0 Å². The molecule has 0 heterocycles. The minimum absolute atomic E-state index is 0.652. The number of rotatable bonds is 5. The Morgan fingerprint density at radius 1 is 1.10 bits per heavy atom. The summed E-state index contributed by atoms with van der Waals surface area (Å²) in [5, 5.41) is 0.652. The van der Waals surface area contributed by atoms with E-state index in [1.54, 1.807) is 32.0 Å². The largest absolute Gasteiger partial charge is 0.493 e. The van der Waals surface area contributed by atoms with Gasteiger partial charge in [0.25, 0.3) is 0 Å². The summed E-state index contributed by atoms with van der Waals surface area (Å²) < 4.78 is 10.6. The minimum Gasteiger partial charge on any atom is -0.493 e. The van der Waals surface area contributed by atoms with E-state index in [4.69, 9.17) is 26.8 Å². The third-order valence-corrected chi connectivity index (χ3v) is 4.57. The third kappa shape index (κ3) is 3.77. The van der Waals surface area contributed by atoms with Crippen LogP contribution in [0, 0.1) is 6.92 Å². The molecule has 21 heavy (non-hydrogen) atoms. The second kappa shape index (κ2) is 6.96. The maximum absolute atomic E-state index is 5.98. The number of nitrogens with two attached hydrogens (primary N) is 1. The molecule has 3 nitrogen and oxygen atoms in total. The minimum atomic E-state index is 0.652.